The van der Waals surface area contributed by atoms with Crippen molar-refractivity contribution in [3.8, 4) is 0 Å². The van der Waals surface area contributed by atoms with Gasteiger partial charge in [0.1, 0.15) is 0 Å². The van der Waals surface area contributed by atoms with Crippen LogP contribution in [0.5, 0.6) is 0 Å². The standard InChI is InChI=1S/C10H12O.5CO.Cr/c1-3-11-8-10-7-5-4-6-9(10)2;5*1-2;/h4-7H,8H2,1-2H3;;;;;;. The molecular formula is C15H12CrO6. The molecule has 0 unspecified atom stereocenters. The van der Waals surface area contributed by atoms with Crippen LogP contribution in [0.4, 0.5) is 0 Å². The Balaban J connectivity index is -0.0000000822. The van der Waals surface area contributed by atoms with Crippen LogP contribution in [0.15, 0.2) is 24.3 Å². The molecule has 0 aliphatic rings. The summed E-state index contributed by atoms with van der Waals surface area (Å²) in [7, 11) is 0. The maximum atomic E-state index is 7.50. The zero-order chi connectivity index (χ0) is 19.0. The Bertz CT molecular complexity index is 436. The number of benzene rings is 1. The molecule has 0 radical (unpaired) electrons. The maximum absolute atomic E-state index is 7.50. The molecule has 0 saturated heterocycles. The van der Waals surface area contributed by atoms with Crippen LogP contribution in [-0.4, -0.2) is 4.57 Å². The topological polar surface area (TPSA) is 109 Å². The van der Waals surface area contributed by atoms with Crippen LogP contribution in [0.25, 0.3) is 0 Å². The number of aryl methyl sites for hydroxylation is 1. The van der Waals surface area contributed by atoms with E-state index in [1.54, 1.807) is 0 Å². The van der Waals surface area contributed by atoms with Crippen LogP contribution in [0.2, 0.25) is 0 Å². The van der Waals surface area contributed by atoms with Crippen molar-refractivity contribution in [1.29, 1.82) is 0 Å². The molecule has 0 aliphatic heterocycles. The summed E-state index contributed by atoms with van der Waals surface area (Å²) < 4.78 is 43.8. The Morgan fingerprint density at radius 3 is 1.59 bits per heavy atom. The van der Waals surface area contributed by atoms with Crippen molar-refractivity contribution in [3.63, 3.8) is 0 Å². The molecule has 1 aromatic carbocycles. The van der Waals surface area contributed by atoms with Gasteiger partial charge in [0.05, 0.1) is 0 Å². The first-order valence-corrected chi connectivity index (χ1v) is 5.54. The van der Waals surface area contributed by atoms with Crippen molar-refractivity contribution >= 4 is 4.57 Å². The Kier molecular flexibility index (Phi) is 53.6. The molecule has 114 valence electrons. The molecule has 0 heterocycles. The van der Waals surface area contributed by atoms with Crippen molar-refractivity contribution in [2.24, 2.45) is 0 Å². The zero-order valence-corrected chi connectivity index (χ0v) is 13.1. The molecule has 0 fully saturated rings. The number of ether oxygens (including phenoxy) is 1. The van der Waals surface area contributed by atoms with Gasteiger partial charge in [-0.05, 0) is 0 Å². The molecule has 0 aliphatic carbocycles. The summed E-state index contributed by atoms with van der Waals surface area (Å²) in [6.07, 6.45) is 0. The summed E-state index contributed by atoms with van der Waals surface area (Å²) in [5, 5.41) is 0. The molecular weight excluding hydrogens is 328 g/mol. The number of hydrogen-bond acceptors (Lipinski definition) is 1. The van der Waals surface area contributed by atoms with Gasteiger partial charge in [-0.2, -0.15) is 0 Å². The Labute approximate surface area is 138 Å². The predicted molar refractivity (Wildman–Crippen MR) is 66.3 cm³/mol. The molecule has 0 saturated carbocycles. The first kappa shape index (κ1) is 32.3. The predicted octanol–water partition coefficient (Wildman–Crippen LogP) is 2.02. The van der Waals surface area contributed by atoms with Gasteiger partial charge >= 0.3 is 138 Å². The van der Waals surface area contributed by atoms with E-state index < -0.39 is 0 Å². The van der Waals surface area contributed by atoms with Crippen LogP contribution in [-0.2, 0) is 50.5 Å². The molecule has 1 aromatic rings. The summed E-state index contributed by atoms with van der Waals surface area (Å²) >= 11 is 2.82. The summed E-state index contributed by atoms with van der Waals surface area (Å²) in [5.74, 6) is 0. The molecule has 0 spiro atoms. The van der Waals surface area contributed by atoms with E-state index in [0.717, 1.165) is 4.57 Å². The molecule has 0 bridgehead atoms. The van der Waals surface area contributed by atoms with E-state index in [2.05, 4.69) is 68.2 Å². The van der Waals surface area contributed by atoms with E-state index in [4.69, 9.17) is 28.0 Å². The third-order valence-corrected chi connectivity index (χ3v) is 1.88. The Hall–Kier alpha value is -1.72. The molecule has 0 aromatic heterocycles. The van der Waals surface area contributed by atoms with Crippen molar-refractivity contribution < 1.29 is 43.8 Å². The summed E-state index contributed by atoms with van der Waals surface area (Å²) in [6.45, 7) is 27.2. The third kappa shape index (κ3) is 26.8. The minimum atomic E-state index is 0.658. The average molecular weight is 340 g/mol. The van der Waals surface area contributed by atoms with E-state index in [1.165, 1.54) is 11.1 Å². The van der Waals surface area contributed by atoms with Gasteiger partial charge in [-0.3, -0.25) is 0 Å². The molecule has 7 heteroatoms. The Morgan fingerprint density at radius 1 is 0.909 bits per heavy atom. The van der Waals surface area contributed by atoms with Gasteiger partial charge < -0.3 is 0 Å². The van der Waals surface area contributed by atoms with Crippen LogP contribution >= 0.6 is 0 Å². The van der Waals surface area contributed by atoms with Crippen LogP contribution in [0.1, 0.15) is 18.1 Å². The molecule has 0 N–H and O–H groups in total. The molecule has 22 heavy (non-hydrogen) atoms. The first-order chi connectivity index (χ1) is 10.7. The fourth-order valence-electron chi connectivity index (χ4n) is 0.951. The van der Waals surface area contributed by atoms with Gasteiger partial charge in [0.25, 0.3) is 0 Å². The van der Waals surface area contributed by atoms with Crippen LogP contribution in [0, 0.1) is 40.2 Å². The second-order valence-electron chi connectivity index (χ2n) is 2.71. The van der Waals surface area contributed by atoms with E-state index >= 15 is 0 Å². The molecule has 1 rings (SSSR count). The molecule has 0 atom stereocenters. The van der Waals surface area contributed by atoms with Gasteiger partial charge in [-0.15, -0.1) is 0 Å². The second kappa shape index (κ2) is 36.5. The van der Waals surface area contributed by atoms with Crippen molar-refractivity contribution in [2.75, 3.05) is 0 Å². The quantitative estimate of drug-likeness (QED) is 0.609. The van der Waals surface area contributed by atoms with E-state index in [-0.39, 0.29) is 0 Å². The zero-order valence-electron chi connectivity index (χ0n) is 11.9. The monoisotopic (exact) mass is 340 g/mol. The number of rotatable bonds is 3. The van der Waals surface area contributed by atoms with Crippen molar-refractivity contribution in [3.05, 3.63) is 68.6 Å². The summed E-state index contributed by atoms with van der Waals surface area (Å²) in [5.41, 5.74) is 2.52. The first-order valence-electron chi connectivity index (χ1n) is 4.90. The summed E-state index contributed by atoms with van der Waals surface area (Å²) in [6, 6.07) is 8.24. The fourth-order valence-corrected chi connectivity index (χ4v) is 1.04. The van der Waals surface area contributed by atoms with Gasteiger partial charge in [0.2, 0.25) is 0 Å². The fraction of sp³-hybridized carbons (Fsp3) is 0.200. The van der Waals surface area contributed by atoms with E-state index in [0.29, 0.717) is 6.61 Å². The van der Waals surface area contributed by atoms with Crippen LogP contribution < -0.4 is 0 Å². The second-order valence-corrected chi connectivity index (χ2v) is 3.60. The molecule has 6 nitrogen and oxygen atoms in total. The van der Waals surface area contributed by atoms with Gasteiger partial charge in [0.15, 0.2) is 0 Å². The summed E-state index contributed by atoms with van der Waals surface area (Å²) in [4.78, 5) is 0. The molecule has 0 amide bonds. The van der Waals surface area contributed by atoms with Crippen molar-refractivity contribution in [1.82, 2.24) is 0 Å². The minimum absolute atomic E-state index is 0.658. The van der Waals surface area contributed by atoms with Crippen molar-refractivity contribution in [2.45, 2.75) is 20.5 Å². The normalized spacial score (nSPS) is 5.82. The van der Waals surface area contributed by atoms with Crippen LogP contribution in [0.3, 0.4) is 0 Å². The van der Waals surface area contributed by atoms with Gasteiger partial charge in [0, 0.05) is 0 Å². The number of hydrogen-bond donors (Lipinski definition) is 0. The average Bonchev–Trinajstić information content (AvgIpc) is 2.63. The SMILES string of the molecule is C[C](=[Cr])OCc1ccccc1C.[C-]#[O+].[C-]#[O+].[C-]#[O+].[C-]#[O+].[C-]#[O+]. The van der Waals surface area contributed by atoms with Gasteiger partial charge in [-0.25, -0.2) is 0 Å². The third-order valence-electron chi connectivity index (χ3n) is 1.69. The Morgan fingerprint density at radius 2 is 1.27 bits per heavy atom. The van der Waals surface area contributed by atoms with Gasteiger partial charge in [-0.1, -0.05) is 0 Å². The van der Waals surface area contributed by atoms with E-state index in [9.17, 15) is 0 Å². The van der Waals surface area contributed by atoms with E-state index in [1.807, 2.05) is 19.1 Å².